The first-order valence-electron chi connectivity index (χ1n) is 13.1. The number of aryl methyl sites for hydroxylation is 1. The van der Waals surface area contributed by atoms with Crippen LogP contribution in [0.2, 0.25) is 0 Å². The summed E-state index contributed by atoms with van der Waals surface area (Å²) in [5, 5.41) is 4.36. The zero-order chi connectivity index (χ0) is 29.0. The average Bonchev–Trinajstić information content (AvgIpc) is 3.58. The van der Waals surface area contributed by atoms with Crippen molar-refractivity contribution in [3.8, 4) is 33.5 Å². The van der Waals surface area contributed by atoms with Crippen molar-refractivity contribution in [1.29, 1.82) is 0 Å². The summed E-state index contributed by atoms with van der Waals surface area (Å²) in [4.78, 5) is 24.3. The van der Waals surface area contributed by atoms with Crippen LogP contribution in [0.15, 0.2) is 51.8 Å². The predicted molar refractivity (Wildman–Crippen MR) is 148 cm³/mol. The van der Waals surface area contributed by atoms with Crippen molar-refractivity contribution in [2.75, 3.05) is 46.9 Å². The van der Waals surface area contributed by atoms with E-state index in [1.54, 1.807) is 18.2 Å². The fourth-order valence-corrected chi connectivity index (χ4v) is 5.64. The number of hydrogen-bond acceptors (Lipinski definition) is 9. The quantitative estimate of drug-likeness (QED) is 0.278. The molecule has 0 unspecified atom stereocenters. The lowest BCUT2D eigenvalue weighted by Gasteiger charge is -2.32. The molecule has 1 N–H and O–H groups in total. The Balaban J connectivity index is 1.33. The first kappa shape index (κ1) is 28.8. The van der Waals surface area contributed by atoms with Gasteiger partial charge in [-0.3, -0.25) is 9.51 Å². The van der Waals surface area contributed by atoms with Crippen LogP contribution in [0, 0.1) is 0 Å². The summed E-state index contributed by atoms with van der Waals surface area (Å²) >= 11 is 1.41. The number of nitrogens with zero attached hydrogens (tertiary/aromatic N) is 4. The molecule has 1 fully saturated rings. The normalized spacial score (nSPS) is 14.9. The summed E-state index contributed by atoms with van der Waals surface area (Å²) in [5.41, 5.74) is 1.35. The molecule has 218 valence electrons. The van der Waals surface area contributed by atoms with Gasteiger partial charge in [0.05, 0.1) is 28.8 Å². The number of aromatic amines is 1. The lowest BCUT2D eigenvalue weighted by Crippen LogP contribution is -2.44. The van der Waals surface area contributed by atoms with Crippen LogP contribution >= 0.6 is 11.3 Å². The summed E-state index contributed by atoms with van der Waals surface area (Å²) in [6.07, 6.45) is -2.76. The molecule has 1 saturated heterocycles. The Hall–Kier alpha value is -3.68. The topological polar surface area (TPSA) is 96.7 Å². The van der Waals surface area contributed by atoms with Gasteiger partial charge in [0.2, 0.25) is 0 Å². The van der Waals surface area contributed by atoms with E-state index in [2.05, 4.69) is 31.5 Å². The third-order valence-electron chi connectivity index (χ3n) is 6.96. The monoisotopic (exact) mass is 589 g/mol. The zero-order valence-corrected chi connectivity index (χ0v) is 23.5. The lowest BCUT2D eigenvalue weighted by atomic mass is 10.1. The second-order valence-corrected chi connectivity index (χ2v) is 10.9. The summed E-state index contributed by atoms with van der Waals surface area (Å²) in [6, 6.07) is 10.2. The molecule has 0 bridgehead atoms. The number of methoxy groups -OCH3 is 1. The molecule has 9 nitrogen and oxygen atoms in total. The number of piperazine rings is 1. The smallest absolute Gasteiger partial charge is 0.439 e. The maximum absolute atomic E-state index is 13.1. The SMILES string of the molecule is COc1cc(OCc2sc(-c3ccc(C(F)(F)F)cc3)nc2CCCN2CCN(C)CC2)ccc1-c1noc(=O)[nH]1. The number of rotatable bonds is 10. The van der Waals surface area contributed by atoms with E-state index in [4.69, 9.17) is 14.5 Å². The second kappa shape index (κ2) is 12.5. The van der Waals surface area contributed by atoms with Crippen LogP contribution in [0.3, 0.4) is 0 Å². The Morgan fingerprint density at radius 2 is 1.85 bits per heavy atom. The number of nitrogens with one attached hydrogen (secondary N) is 1. The first-order chi connectivity index (χ1) is 19.7. The van der Waals surface area contributed by atoms with E-state index < -0.39 is 17.5 Å². The van der Waals surface area contributed by atoms with Gasteiger partial charge in [0.15, 0.2) is 5.82 Å². The number of halogens is 3. The number of H-pyrrole nitrogens is 1. The highest BCUT2D eigenvalue weighted by molar-refractivity contribution is 7.15. The van der Waals surface area contributed by atoms with Crippen molar-refractivity contribution in [2.45, 2.75) is 25.6 Å². The third kappa shape index (κ3) is 7.16. The molecule has 1 aliphatic heterocycles. The molecule has 2 aromatic carbocycles. The van der Waals surface area contributed by atoms with Crippen molar-refractivity contribution in [3.63, 3.8) is 0 Å². The Labute approximate surface area is 238 Å². The highest BCUT2D eigenvalue weighted by atomic mass is 32.1. The van der Waals surface area contributed by atoms with Gasteiger partial charge < -0.3 is 19.3 Å². The van der Waals surface area contributed by atoms with Gasteiger partial charge in [0.1, 0.15) is 23.1 Å². The average molecular weight is 590 g/mol. The van der Waals surface area contributed by atoms with E-state index in [-0.39, 0.29) is 12.4 Å². The van der Waals surface area contributed by atoms with Crippen LogP contribution in [-0.4, -0.2) is 71.8 Å². The number of alkyl halides is 3. The number of hydrogen-bond donors (Lipinski definition) is 1. The Morgan fingerprint density at radius 3 is 2.51 bits per heavy atom. The molecule has 0 saturated carbocycles. The van der Waals surface area contributed by atoms with Gasteiger partial charge in [-0.2, -0.15) is 13.2 Å². The molecule has 5 rings (SSSR count). The number of ether oxygens (including phenoxy) is 2. The van der Waals surface area contributed by atoms with E-state index in [1.165, 1.54) is 30.6 Å². The van der Waals surface area contributed by atoms with Gasteiger partial charge >= 0.3 is 11.9 Å². The minimum atomic E-state index is -4.39. The van der Waals surface area contributed by atoms with Crippen LogP contribution in [0.1, 0.15) is 22.6 Å². The molecule has 1 aliphatic rings. The van der Waals surface area contributed by atoms with E-state index in [0.29, 0.717) is 27.6 Å². The van der Waals surface area contributed by atoms with Crippen LogP contribution < -0.4 is 15.2 Å². The van der Waals surface area contributed by atoms with Gasteiger partial charge in [0, 0.05) is 37.8 Å². The van der Waals surface area contributed by atoms with Gasteiger partial charge in [-0.15, -0.1) is 11.3 Å². The Kier molecular flexibility index (Phi) is 8.76. The van der Waals surface area contributed by atoms with E-state index in [0.717, 1.165) is 68.3 Å². The minimum Gasteiger partial charge on any atom is -0.496 e. The lowest BCUT2D eigenvalue weighted by molar-refractivity contribution is -0.137. The number of likely N-dealkylation sites (N-methyl/N-ethyl adjacent to an activating group) is 1. The molecule has 4 aromatic rings. The fraction of sp³-hybridized carbons (Fsp3) is 0.393. The minimum absolute atomic E-state index is 0.228. The zero-order valence-electron chi connectivity index (χ0n) is 22.7. The summed E-state index contributed by atoms with van der Waals surface area (Å²) in [6.45, 7) is 5.32. The van der Waals surface area contributed by atoms with Crippen molar-refractivity contribution < 1.29 is 27.2 Å². The van der Waals surface area contributed by atoms with E-state index in [9.17, 15) is 18.0 Å². The molecule has 2 aromatic heterocycles. The van der Waals surface area contributed by atoms with Crippen LogP contribution in [0.25, 0.3) is 22.0 Å². The van der Waals surface area contributed by atoms with Crippen molar-refractivity contribution in [1.82, 2.24) is 24.9 Å². The van der Waals surface area contributed by atoms with Gasteiger partial charge in [-0.05, 0) is 50.7 Å². The highest BCUT2D eigenvalue weighted by Crippen LogP contribution is 2.35. The standard InChI is InChI=1S/C28H30F3N5O4S/c1-35-12-14-36(15-13-35)11-3-4-22-24(41-26(32-22)18-5-7-19(8-6-18)28(29,30)31)17-39-20-9-10-21(23(16-20)38-2)25-33-27(37)40-34-25/h5-10,16H,3-4,11-15,17H2,1-2H3,(H,33,34,37). The summed E-state index contributed by atoms with van der Waals surface area (Å²) < 4.78 is 55.4. The van der Waals surface area contributed by atoms with Gasteiger partial charge in [-0.1, -0.05) is 17.3 Å². The molecule has 0 aliphatic carbocycles. The molecule has 3 heterocycles. The molecule has 0 amide bonds. The number of benzene rings is 2. The molecule has 13 heteroatoms. The fourth-order valence-electron chi connectivity index (χ4n) is 4.61. The molecular formula is C28H30F3N5O4S. The first-order valence-corrected chi connectivity index (χ1v) is 14.0. The van der Waals surface area contributed by atoms with Crippen molar-refractivity contribution in [2.24, 2.45) is 0 Å². The third-order valence-corrected chi connectivity index (χ3v) is 8.08. The molecule has 0 spiro atoms. The van der Waals surface area contributed by atoms with E-state index >= 15 is 0 Å². The van der Waals surface area contributed by atoms with Crippen LogP contribution in [0.5, 0.6) is 11.5 Å². The Bertz CT molecular complexity index is 1510. The number of thiazole rings is 1. The predicted octanol–water partition coefficient (Wildman–Crippen LogP) is 4.94. The molecular weight excluding hydrogens is 559 g/mol. The molecule has 41 heavy (non-hydrogen) atoms. The van der Waals surface area contributed by atoms with Crippen molar-refractivity contribution >= 4 is 11.3 Å². The van der Waals surface area contributed by atoms with Gasteiger partial charge in [-0.25, -0.2) is 9.78 Å². The molecule has 0 radical (unpaired) electrons. The Morgan fingerprint density at radius 1 is 1.10 bits per heavy atom. The van der Waals surface area contributed by atoms with Gasteiger partial charge in [0.25, 0.3) is 0 Å². The summed E-state index contributed by atoms with van der Waals surface area (Å²) in [5.74, 6) is 0.541. The highest BCUT2D eigenvalue weighted by Gasteiger charge is 2.30. The largest absolute Gasteiger partial charge is 0.496 e. The maximum atomic E-state index is 13.1. The second-order valence-electron chi connectivity index (χ2n) is 9.81. The summed E-state index contributed by atoms with van der Waals surface area (Å²) in [7, 11) is 3.62. The van der Waals surface area contributed by atoms with Crippen LogP contribution in [0.4, 0.5) is 13.2 Å². The maximum Gasteiger partial charge on any atom is 0.439 e. The van der Waals surface area contributed by atoms with Crippen molar-refractivity contribution in [3.05, 3.63) is 69.1 Å². The number of aromatic nitrogens is 3. The van der Waals surface area contributed by atoms with Crippen LogP contribution in [-0.2, 0) is 19.2 Å². The molecule has 0 atom stereocenters. The van der Waals surface area contributed by atoms with E-state index in [1.807, 2.05) is 0 Å².